The van der Waals surface area contributed by atoms with E-state index in [1.807, 2.05) is 7.05 Å². The molecule has 0 aromatic rings. The van der Waals surface area contributed by atoms with Gasteiger partial charge in [0.15, 0.2) is 5.96 Å². The van der Waals surface area contributed by atoms with E-state index in [-0.39, 0.29) is 0 Å². The molecule has 2 saturated heterocycles. The van der Waals surface area contributed by atoms with Gasteiger partial charge in [-0.2, -0.15) is 0 Å². The maximum Gasteiger partial charge on any atom is 0.193 e. The molecule has 1 aliphatic carbocycles. The quantitative estimate of drug-likeness (QED) is 0.617. The Morgan fingerprint density at radius 1 is 1.16 bits per heavy atom. The van der Waals surface area contributed by atoms with E-state index in [0.29, 0.717) is 0 Å². The van der Waals surface area contributed by atoms with Crippen molar-refractivity contribution in [2.75, 3.05) is 39.8 Å². The molecule has 0 spiro atoms. The molecule has 0 aromatic heterocycles. The Hall–Kier alpha value is -0.770. The molecule has 3 aliphatic rings. The third-order valence-corrected chi connectivity index (χ3v) is 4.86. The molecule has 3 rings (SSSR count). The van der Waals surface area contributed by atoms with Crippen LogP contribution < -0.4 is 5.32 Å². The zero-order chi connectivity index (χ0) is 13.1. The lowest BCUT2D eigenvalue weighted by atomic mass is 10.2. The van der Waals surface area contributed by atoms with Crippen LogP contribution in [0.2, 0.25) is 0 Å². The highest BCUT2D eigenvalue weighted by molar-refractivity contribution is 5.80. The fraction of sp³-hybridized carbons (Fsp3) is 0.933. The molecule has 19 heavy (non-hydrogen) atoms. The molecule has 2 aliphatic heterocycles. The second-order valence-corrected chi connectivity index (χ2v) is 6.34. The summed E-state index contributed by atoms with van der Waals surface area (Å²) >= 11 is 0. The first-order valence-electron chi connectivity index (χ1n) is 8.06. The van der Waals surface area contributed by atoms with Gasteiger partial charge in [-0.05, 0) is 44.7 Å². The smallest absolute Gasteiger partial charge is 0.193 e. The lowest BCUT2D eigenvalue weighted by Crippen LogP contribution is -2.43. The summed E-state index contributed by atoms with van der Waals surface area (Å²) in [7, 11) is 1.92. The monoisotopic (exact) mass is 264 g/mol. The normalized spacial score (nSPS) is 29.2. The van der Waals surface area contributed by atoms with Gasteiger partial charge in [0, 0.05) is 32.7 Å². The van der Waals surface area contributed by atoms with Crippen molar-refractivity contribution >= 4 is 5.96 Å². The minimum absolute atomic E-state index is 0.768. The van der Waals surface area contributed by atoms with E-state index in [1.54, 1.807) is 0 Å². The third kappa shape index (κ3) is 3.41. The van der Waals surface area contributed by atoms with E-state index in [4.69, 9.17) is 0 Å². The van der Waals surface area contributed by atoms with Crippen LogP contribution in [-0.2, 0) is 0 Å². The maximum absolute atomic E-state index is 4.46. The Kier molecular flexibility index (Phi) is 4.26. The molecule has 4 heteroatoms. The Bertz CT molecular complexity index is 318. The largest absolute Gasteiger partial charge is 0.356 e. The first-order valence-corrected chi connectivity index (χ1v) is 8.06. The van der Waals surface area contributed by atoms with E-state index in [9.17, 15) is 0 Å². The molecule has 4 nitrogen and oxygen atoms in total. The number of guanidine groups is 1. The molecule has 108 valence electrons. The van der Waals surface area contributed by atoms with Gasteiger partial charge in [-0.15, -0.1) is 0 Å². The number of aliphatic imine (C=N–C) groups is 1. The van der Waals surface area contributed by atoms with Crippen LogP contribution in [0.5, 0.6) is 0 Å². The average Bonchev–Trinajstić information content (AvgIpc) is 2.94. The average molecular weight is 264 g/mol. The minimum Gasteiger partial charge on any atom is -0.356 e. The third-order valence-electron chi connectivity index (χ3n) is 4.86. The van der Waals surface area contributed by atoms with E-state index >= 15 is 0 Å². The summed E-state index contributed by atoms with van der Waals surface area (Å²) in [5, 5.41) is 3.55. The second kappa shape index (κ2) is 6.12. The van der Waals surface area contributed by atoms with Gasteiger partial charge in [-0.1, -0.05) is 12.8 Å². The van der Waals surface area contributed by atoms with Crippen molar-refractivity contribution in [3.8, 4) is 0 Å². The van der Waals surface area contributed by atoms with Gasteiger partial charge in [0.25, 0.3) is 0 Å². The van der Waals surface area contributed by atoms with Crippen LogP contribution in [0.1, 0.15) is 38.5 Å². The summed E-state index contributed by atoms with van der Waals surface area (Å²) in [6.07, 6.45) is 8.31. The molecule has 1 N–H and O–H groups in total. The molecule has 0 bridgehead atoms. The summed E-state index contributed by atoms with van der Waals surface area (Å²) in [4.78, 5) is 9.59. The van der Waals surface area contributed by atoms with E-state index in [0.717, 1.165) is 24.5 Å². The fourth-order valence-corrected chi connectivity index (χ4v) is 3.47. The first kappa shape index (κ1) is 13.2. The number of rotatable bonds is 4. The van der Waals surface area contributed by atoms with Crippen molar-refractivity contribution < 1.29 is 0 Å². The summed E-state index contributed by atoms with van der Waals surface area (Å²) < 4.78 is 0. The first-order chi connectivity index (χ1) is 9.36. The predicted octanol–water partition coefficient (Wildman–Crippen LogP) is 1.53. The zero-order valence-corrected chi connectivity index (χ0v) is 12.3. The maximum atomic E-state index is 4.46. The van der Waals surface area contributed by atoms with Crippen molar-refractivity contribution in [1.29, 1.82) is 0 Å². The van der Waals surface area contributed by atoms with Gasteiger partial charge in [-0.3, -0.25) is 9.89 Å². The number of likely N-dealkylation sites (tertiary alicyclic amines) is 2. The van der Waals surface area contributed by atoms with Crippen molar-refractivity contribution in [1.82, 2.24) is 15.1 Å². The Morgan fingerprint density at radius 3 is 2.63 bits per heavy atom. The molecular weight excluding hydrogens is 236 g/mol. The van der Waals surface area contributed by atoms with Crippen molar-refractivity contribution in [2.45, 2.75) is 44.6 Å². The van der Waals surface area contributed by atoms with Gasteiger partial charge in [0.05, 0.1) is 0 Å². The van der Waals surface area contributed by atoms with Crippen LogP contribution in [0.4, 0.5) is 0 Å². The van der Waals surface area contributed by atoms with Gasteiger partial charge in [-0.25, -0.2) is 0 Å². The van der Waals surface area contributed by atoms with Crippen molar-refractivity contribution in [2.24, 2.45) is 10.9 Å². The molecule has 3 fully saturated rings. The molecule has 1 saturated carbocycles. The molecular formula is C15H28N4. The Balaban J connectivity index is 1.44. The highest BCUT2D eigenvalue weighted by Crippen LogP contribution is 2.31. The Morgan fingerprint density at radius 2 is 1.95 bits per heavy atom. The molecule has 0 aromatic carbocycles. The van der Waals surface area contributed by atoms with Crippen LogP contribution in [0, 0.1) is 5.92 Å². The standard InChI is InChI=1S/C15H28N4/c1-16-15(17-8-6-13-4-5-13)19-11-7-14(12-19)18-9-2-3-10-18/h13-14H,2-12H2,1H3,(H,16,17). The predicted molar refractivity (Wildman–Crippen MR) is 79.5 cm³/mol. The van der Waals surface area contributed by atoms with Gasteiger partial charge < -0.3 is 10.2 Å². The van der Waals surface area contributed by atoms with Gasteiger partial charge >= 0.3 is 0 Å². The fourth-order valence-electron chi connectivity index (χ4n) is 3.47. The van der Waals surface area contributed by atoms with E-state index in [2.05, 4.69) is 20.1 Å². The van der Waals surface area contributed by atoms with Crippen LogP contribution >= 0.6 is 0 Å². The molecule has 0 radical (unpaired) electrons. The Labute approximate surface area is 117 Å². The van der Waals surface area contributed by atoms with Crippen molar-refractivity contribution in [3.05, 3.63) is 0 Å². The SMILES string of the molecule is CN=C(NCCC1CC1)N1CCC(N2CCCC2)C1. The lowest BCUT2D eigenvalue weighted by Gasteiger charge is -2.25. The summed E-state index contributed by atoms with van der Waals surface area (Å²) in [6.45, 7) is 6.06. The summed E-state index contributed by atoms with van der Waals surface area (Å²) in [5.41, 5.74) is 0. The van der Waals surface area contributed by atoms with Crippen molar-refractivity contribution in [3.63, 3.8) is 0 Å². The van der Waals surface area contributed by atoms with Crippen LogP contribution in [0.3, 0.4) is 0 Å². The molecule has 1 unspecified atom stereocenters. The van der Waals surface area contributed by atoms with E-state index < -0.39 is 0 Å². The highest BCUT2D eigenvalue weighted by atomic mass is 15.3. The number of nitrogens with zero attached hydrogens (tertiary/aromatic N) is 3. The molecule has 2 heterocycles. The van der Waals surface area contributed by atoms with E-state index in [1.165, 1.54) is 64.7 Å². The number of hydrogen-bond donors (Lipinski definition) is 1. The second-order valence-electron chi connectivity index (χ2n) is 6.34. The van der Waals surface area contributed by atoms with Crippen LogP contribution in [-0.4, -0.2) is 61.6 Å². The molecule has 0 amide bonds. The summed E-state index contributed by atoms with van der Waals surface area (Å²) in [5.74, 6) is 2.13. The highest BCUT2D eigenvalue weighted by Gasteiger charge is 2.30. The molecule has 1 atom stereocenters. The lowest BCUT2D eigenvalue weighted by molar-refractivity contribution is 0.249. The van der Waals surface area contributed by atoms with Gasteiger partial charge in [0.1, 0.15) is 0 Å². The summed E-state index contributed by atoms with van der Waals surface area (Å²) in [6, 6.07) is 0.768. The number of nitrogens with one attached hydrogen (secondary N) is 1. The zero-order valence-electron chi connectivity index (χ0n) is 12.3. The topological polar surface area (TPSA) is 30.9 Å². The number of hydrogen-bond acceptors (Lipinski definition) is 2. The van der Waals surface area contributed by atoms with Crippen LogP contribution in [0.15, 0.2) is 4.99 Å². The van der Waals surface area contributed by atoms with Crippen LogP contribution in [0.25, 0.3) is 0 Å². The minimum atomic E-state index is 0.768. The van der Waals surface area contributed by atoms with Gasteiger partial charge in [0.2, 0.25) is 0 Å².